The Bertz CT molecular complexity index is 1260. The predicted molar refractivity (Wildman–Crippen MR) is 130 cm³/mol. The molecule has 4 N–H and O–H groups in total. The van der Waals surface area contributed by atoms with Crippen LogP contribution in [-0.4, -0.2) is 17.5 Å². The molecule has 0 radical (unpaired) electrons. The molecule has 7 heteroatoms. The fourth-order valence-electron chi connectivity index (χ4n) is 3.59. The van der Waals surface area contributed by atoms with Crippen molar-refractivity contribution >= 4 is 23.1 Å². The van der Waals surface area contributed by atoms with Crippen LogP contribution in [0.2, 0.25) is 0 Å². The molecule has 2 heterocycles. The van der Waals surface area contributed by atoms with Crippen LogP contribution in [0.3, 0.4) is 0 Å². The maximum Gasteiger partial charge on any atom is 0.255 e. The third-order valence-corrected chi connectivity index (χ3v) is 5.34. The zero-order chi connectivity index (χ0) is 22.5. The number of rotatable bonds is 7. The second-order valence-corrected chi connectivity index (χ2v) is 7.64. The van der Waals surface area contributed by atoms with Gasteiger partial charge in [-0.05, 0) is 53.6 Å². The number of benzene rings is 3. The van der Waals surface area contributed by atoms with E-state index in [1.165, 1.54) is 5.56 Å². The minimum atomic E-state index is -0.176. The van der Waals surface area contributed by atoms with Gasteiger partial charge in [0.2, 0.25) is 0 Å². The molecule has 164 valence electrons. The molecule has 1 aliphatic rings. The van der Waals surface area contributed by atoms with Crippen LogP contribution in [0.5, 0.6) is 5.75 Å². The molecule has 0 bridgehead atoms. The third-order valence-electron chi connectivity index (χ3n) is 5.34. The van der Waals surface area contributed by atoms with E-state index >= 15 is 0 Å². The van der Waals surface area contributed by atoms with Gasteiger partial charge in [-0.3, -0.25) is 10.2 Å². The summed E-state index contributed by atoms with van der Waals surface area (Å²) in [5.74, 6) is 1.31. The Kier molecular flexibility index (Phi) is 5.86. The summed E-state index contributed by atoms with van der Waals surface area (Å²) >= 11 is 0. The van der Waals surface area contributed by atoms with E-state index in [2.05, 4.69) is 38.8 Å². The molecule has 4 aromatic rings. The average molecular weight is 438 g/mol. The molecule has 0 atom stereocenters. The second kappa shape index (κ2) is 9.42. The summed E-state index contributed by atoms with van der Waals surface area (Å²) in [7, 11) is 0. The molecule has 0 aliphatic carbocycles. The van der Waals surface area contributed by atoms with Crippen LogP contribution < -0.4 is 26.4 Å². The summed E-state index contributed by atoms with van der Waals surface area (Å²) in [4.78, 5) is 17.1. The largest absolute Gasteiger partial charge is 0.493 e. The number of aromatic nitrogens is 1. The minimum absolute atomic E-state index is 0.176. The highest BCUT2D eigenvalue weighted by Gasteiger charge is 2.12. The Labute approximate surface area is 191 Å². The number of carbonyl (C=O) groups is 1. The molecule has 1 aromatic heterocycles. The summed E-state index contributed by atoms with van der Waals surface area (Å²) in [6.45, 7) is 0.585. The van der Waals surface area contributed by atoms with Crippen molar-refractivity contribution in [3.8, 4) is 16.9 Å². The van der Waals surface area contributed by atoms with Crippen LogP contribution in [0.25, 0.3) is 11.1 Å². The molecule has 0 saturated carbocycles. The van der Waals surface area contributed by atoms with E-state index in [0.717, 1.165) is 34.8 Å². The zero-order valence-corrected chi connectivity index (χ0v) is 17.8. The highest BCUT2D eigenvalue weighted by Crippen LogP contribution is 2.29. The fraction of sp³-hybridized carbons (Fsp3) is 0.0769. The molecular weight excluding hydrogens is 414 g/mol. The van der Waals surface area contributed by atoms with Crippen LogP contribution >= 0.6 is 0 Å². The molecule has 0 spiro atoms. The Morgan fingerprint density at radius 1 is 0.879 bits per heavy atom. The number of hydrogen-bond donors (Lipinski definition) is 4. The zero-order valence-electron chi connectivity index (χ0n) is 17.8. The Balaban J connectivity index is 1.20. The van der Waals surface area contributed by atoms with Crippen molar-refractivity contribution in [2.75, 3.05) is 22.8 Å². The monoisotopic (exact) mass is 437 g/mol. The smallest absolute Gasteiger partial charge is 0.255 e. The number of nitrogens with zero attached hydrogens (tertiary/aromatic N) is 1. The second-order valence-electron chi connectivity index (χ2n) is 7.64. The van der Waals surface area contributed by atoms with Gasteiger partial charge in [-0.2, -0.15) is 0 Å². The summed E-state index contributed by atoms with van der Waals surface area (Å²) in [5, 5.41) is 2.96. The summed E-state index contributed by atoms with van der Waals surface area (Å²) in [6, 6.07) is 27.1. The fourth-order valence-corrected chi connectivity index (χ4v) is 3.59. The topological polar surface area (TPSA) is 87.3 Å². The highest BCUT2D eigenvalue weighted by molar-refractivity contribution is 6.04. The van der Waals surface area contributed by atoms with Crippen molar-refractivity contribution in [2.45, 2.75) is 6.42 Å². The maximum atomic E-state index is 12.7. The number of nitrogens with one attached hydrogen (secondary N) is 4. The van der Waals surface area contributed by atoms with E-state index in [1.54, 1.807) is 18.3 Å². The lowest BCUT2D eigenvalue weighted by atomic mass is 10.1. The lowest BCUT2D eigenvalue weighted by Crippen LogP contribution is -2.19. The van der Waals surface area contributed by atoms with Gasteiger partial charge in [-0.25, -0.2) is 4.98 Å². The van der Waals surface area contributed by atoms with Gasteiger partial charge < -0.3 is 15.5 Å². The van der Waals surface area contributed by atoms with Gasteiger partial charge in [0.05, 0.1) is 12.3 Å². The van der Waals surface area contributed by atoms with Crippen LogP contribution in [0.15, 0.2) is 91.1 Å². The highest BCUT2D eigenvalue weighted by atomic mass is 16.5. The number of hydrazine groups is 2. The first-order chi connectivity index (χ1) is 16.2. The number of pyridine rings is 1. The number of anilines is 3. The van der Waals surface area contributed by atoms with Gasteiger partial charge in [0.1, 0.15) is 5.75 Å². The molecular formula is C26H23N5O2. The van der Waals surface area contributed by atoms with E-state index in [9.17, 15) is 4.79 Å². The number of amides is 1. The van der Waals surface area contributed by atoms with Crippen LogP contribution in [0, 0.1) is 0 Å². The van der Waals surface area contributed by atoms with E-state index in [0.29, 0.717) is 17.9 Å². The lowest BCUT2D eigenvalue weighted by Gasteiger charge is -2.10. The number of ether oxygens (including phenoxy) is 1. The quantitative estimate of drug-likeness (QED) is 0.330. The predicted octanol–water partition coefficient (Wildman–Crippen LogP) is 4.88. The van der Waals surface area contributed by atoms with Crippen LogP contribution in [0.4, 0.5) is 17.2 Å². The Morgan fingerprint density at radius 2 is 1.73 bits per heavy atom. The van der Waals surface area contributed by atoms with Gasteiger partial charge in [-0.15, -0.1) is 5.53 Å². The maximum absolute atomic E-state index is 12.7. The molecule has 0 fully saturated rings. The first-order valence-corrected chi connectivity index (χ1v) is 10.7. The molecule has 5 rings (SSSR count). The third kappa shape index (κ3) is 4.94. The normalized spacial score (nSPS) is 11.8. The van der Waals surface area contributed by atoms with Crippen molar-refractivity contribution in [2.24, 2.45) is 0 Å². The molecule has 0 unspecified atom stereocenters. The number of carbonyl (C=O) groups excluding carboxylic acids is 1. The molecule has 33 heavy (non-hydrogen) atoms. The van der Waals surface area contributed by atoms with E-state index in [1.807, 2.05) is 60.7 Å². The molecule has 3 aromatic carbocycles. The van der Waals surface area contributed by atoms with E-state index in [4.69, 9.17) is 4.74 Å². The minimum Gasteiger partial charge on any atom is -0.493 e. The van der Waals surface area contributed by atoms with Crippen LogP contribution in [0.1, 0.15) is 15.9 Å². The summed E-state index contributed by atoms with van der Waals surface area (Å²) in [6.07, 6.45) is 2.63. The Morgan fingerprint density at radius 3 is 2.58 bits per heavy atom. The van der Waals surface area contributed by atoms with Gasteiger partial charge in [0.15, 0.2) is 5.82 Å². The molecule has 0 saturated heterocycles. The summed E-state index contributed by atoms with van der Waals surface area (Å²) in [5.41, 5.74) is 14.0. The molecule has 7 nitrogen and oxygen atoms in total. The standard InChI is InChI=1S/C26H23N5O2/c32-26(19-9-11-23(12-10-19)33-14-13-18-5-2-1-3-6-18)28-22-8-4-7-20(15-22)21-16-24-25(27-17-21)30-31-29-24/h1-12,15-17,29,31H,13-14H2,(H,27,30)(H,28,32). The Hall–Kier alpha value is -4.36. The first-order valence-electron chi connectivity index (χ1n) is 10.7. The van der Waals surface area contributed by atoms with Gasteiger partial charge >= 0.3 is 0 Å². The van der Waals surface area contributed by atoms with Crippen molar-refractivity contribution in [3.63, 3.8) is 0 Å². The van der Waals surface area contributed by atoms with Crippen LogP contribution in [-0.2, 0) is 6.42 Å². The van der Waals surface area contributed by atoms with Gasteiger partial charge in [0, 0.05) is 29.4 Å². The SMILES string of the molecule is O=C(Nc1cccc(-c2cnc3c(c2)NNN3)c1)c1ccc(OCCc2ccccc2)cc1. The van der Waals surface area contributed by atoms with E-state index < -0.39 is 0 Å². The van der Waals surface area contributed by atoms with Gasteiger partial charge in [-0.1, -0.05) is 42.5 Å². The van der Waals surface area contributed by atoms with Crippen molar-refractivity contribution in [1.82, 2.24) is 10.5 Å². The van der Waals surface area contributed by atoms with Gasteiger partial charge in [0.25, 0.3) is 5.91 Å². The molecule has 1 aliphatic heterocycles. The molecule has 1 amide bonds. The van der Waals surface area contributed by atoms with Crippen molar-refractivity contribution in [1.29, 1.82) is 0 Å². The lowest BCUT2D eigenvalue weighted by molar-refractivity contribution is 0.102. The first kappa shape index (κ1) is 20.5. The number of hydrogen-bond acceptors (Lipinski definition) is 6. The number of fused-ring (bicyclic) bond motifs is 1. The summed E-state index contributed by atoms with van der Waals surface area (Å²) < 4.78 is 5.81. The van der Waals surface area contributed by atoms with E-state index in [-0.39, 0.29) is 5.91 Å². The van der Waals surface area contributed by atoms with Crippen molar-refractivity contribution < 1.29 is 9.53 Å². The van der Waals surface area contributed by atoms with Crippen molar-refractivity contribution in [3.05, 3.63) is 102 Å². The average Bonchev–Trinajstić information content (AvgIpc) is 3.33.